The molecule has 5 saturated heterocycles. The van der Waals surface area contributed by atoms with Crippen LogP contribution in [0, 0.1) is 0 Å². The van der Waals surface area contributed by atoms with E-state index in [0.29, 0.717) is 13.1 Å². The molecule has 0 unspecified atom stereocenters. The molecule has 6 heterocycles. The van der Waals surface area contributed by atoms with Crippen LogP contribution >= 0.6 is 0 Å². The van der Waals surface area contributed by atoms with Gasteiger partial charge in [-0.2, -0.15) is 40.3 Å². The van der Waals surface area contributed by atoms with Gasteiger partial charge in [0.15, 0.2) is 0 Å². The molecule has 0 atom stereocenters. The molecule has 1 aromatic rings. The van der Waals surface area contributed by atoms with Gasteiger partial charge in [-0.3, -0.25) is 24.2 Å². The molecule has 0 aromatic carbocycles. The number of unbranched alkanes of at least 4 members (excludes halogenated alkanes) is 7. The Bertz CT molecular complexity index is 3210. The third-order valence-electron chi connectivity index (χ3n) is 30.0. The molecule has 4 amide bonds. The summed E-state index contributed by atoms with van der Waals surface area (Å²) in [4.78, 5) is 94.5. The largest absolute Gasteiger partial charge is 0.341 e. The van der Waals surface area contributed by atoms with E-state index in [4.69, 9.17) is 39.1 Å². The lowest BCUT2D eigenvalue weighted by Gasteiger charge is -2.57. The van der Waals surface area contributed by atoms with Crippen LogP contribution in [0.4, 0.5) is 27.4 Å². The number of hydrogen-bond acceptors (Lipinski definition) is 18. The minimum absolute atomic E-state index is 0.0238. The summed E-state index contributed by atoms with van der Waals surface area (Å²) in [7, 11) is 4.09. The summed E-state index contributed by atoms with van der Waals surface area (Å²) in [6, 6.07) is 0.547. The molecule has 10 aliphatic rings. The predicted octanol–water partition coefficient (Wildman–Crippen LogP) is 21.5. The lowest BCUT2D eigenvalue weighted by atomic mass is 9.78. The van der Waals surface area contributed by atoms with Crippen molar-refractivity contribution in [2.45, 2.75) is 544 Å². The predicted molar refractivity (Wildman–Crippen MR) is 486 cm³/mol. The average molecular weight is 1670 g/mol. The Hall–Kier alpha value is -3.45. The van der Waals surface area contributed by atoms with E-state index in [1.165, 1.54) is 96.3 Å². The average Bonchev–Trinajstić information content (AvgIpc) is 0.758. The van der Waals surface area contributed by atoms with Crippen molar-refractivity contribution in [3.8, 4) is 0 Å². The zero-order valence-corrected chi connectivity index (χ0v) is 80.6. The van der Waals surface area contributed by atoms with Gasteiger partial charge in [0.05, 0.1) is 30.5 Å². The number of carbonyl (C=O) groups excluding carboxylic acids is 2. The second-order valence-electron chi connectivity index (χ2n) is 45.9. The molecule has 0 radical (unpaired) electrons. The molecule has 1 aromatic heterocycles. The number of urea groups is 2. The molecular weight excluding hydrogens is 1490 g/mol. The summed E-state index contributed by atoms with van der Waals surface area (Å²) in [5.41, 5.74) is -2.73. The molecule has 2 N–H and O–H groups in total. The molecule has 5 aliphatic heterocycles. The second-order valence-corrected chi connectivity index (χ2v) is 45.9. The quantitative estimate of drug-likeness (QED) is 0.0623. The van der Waals surface area contributed by atoms with Crippen molar-refractivity contribution in [3.05, 3.63) is 0 Å². The topological polar surface area (TPSA) is 175 Å². The molecular formula is C97H179N15O7. The number of anilines is 3. The molecule has 0 bridgehead atoms. The fourth-order valence-corrected chi connectivity index (χ4v) is 25.4. The van der Waals surface area contributed by atoms with E-state index in [0.717, 1.165) is 224 Å². The summed E-state index contributed by atoms with van der Waals surface area (Å²) >= 11 is 0. The Morgan fingerprint density at radius 1 is 0.311 bits per heavy atom. The number of carbonyl (C=O) groups is 2. The van der Waals surface area contributed by atoms with Gasteiger partial charge in [0.1, 0.15) is 0 Å². The van der Waals surface area contributed by atoms with Gasteiger partial charge in [0.2, 0.25) is 17.8 Å². The first-order valence-corrected chi connectivity index (χ1v) is 49.5. The smallest absolute Gasteiger partial charge is 0.317 e. The van der Waals surface area contributed by atoms with Crippen LogP contribution in [0.3, 0.4) is 0 Å². The number of amides is 4. The number of nitrogens with one attached hydrogen (secondary N) is 2. The fraction of sp³-hybridized carbons (Fsp3) is 0.948. The molecule has 22 heteroatoms. The van der Waals surface area contributed by atoms with Crippen molar-refractivity contribution >= 4 is 29.9 Å². The Morgan fingerprint density at radius 2 is 0.529 bits per heavy atom. The van der Waals surface area contributed by atoms with Crippen LogP contribution in [0.2, 0.25) is 0 Å². The summed E-state index contributed by atoms with van der Waals surface area (Å²) < 4.78 is 0. The second kappa shape index (κ2) is 40.7. The molecule has 5 aliphatic carbocycles. The fourth-order valence-electron chi connectivity index (χ4n) is 25.4. The van der Waals surface area contributed by atoms with Crippen LogP contribution in [0.25, 0.3) is 0 Å². The summed E-state index contributed by atoms with van der Waals surface area (Å²) in [6.45, 7) is 53.3. The zero-order chi connectivity index (χ0) is 86.2. The van der Waals surface area contributed by atoms with Crippen LogP contribution in [-0.2, 0) is 24.2 Å². The summed E-state index contributed by atoms with van der Waals surface area (Å²) in [5, 5.41) is 18.3. The van der Waals surface area contributed by atoms with Crippen molar-refractivity contribution in [2.24, 2.45) is 0 Å². The normalized spacial score (nSPS) is 26.3. The van der Waals surface area contributed by atoms with Crippen LogP contribution in [0.5, 0.6) is 0 Å². The highest BCUT2D eigenvalue weighted by Crippen LogP contribution is 2.50. The van der Waals surface area contributed by atoms with E-state index in [2.05, 4.69) is 206 Å². The zero-order valence-electron chi connectivity index (χ0n) is 80.6. The van der Waals surface area contributed by atoms with Crippen molar-refractivity contribution < 1.29 is 33.8 Å². The number of nitrogens with zero attached hydrogens (tertiary/aromatic N) is 13. The maximum absolute atomic E-state index is 14.5. The van der Waals surface area contributed by atoms with Gasteiger partial charge in [-0.05, 0) is 299 Å². The number of hydrogen-bond donors (Lipinski definition) is 2. The van der Waals surface area contributed by atoms with Crippen molar-refractivity contribution in [1.82, 2.24) is 60.7 Å². The highest BCUT2D eigenvalue weighted by molar-refractivity contribution is 5.75. The Kier molecular flexibility index (Phi) is 32.9. The first-order valence-electron chi connectivity index (χ1n) is 49.5. The lowest BCUT2D eigenvalue weighted by Crippen LogP contribution is -2.65. The molecule has 11 rings (SSSR count). The van der Waals surface area contributed by atoms with E-state index in [9.17, 15) is 9.59 Å². The van der Waals surface area contributed by atoms with E-state index in [-0.39, 0.29) is 128 Å². The van der Waals surface area contributed by atoms with Gasteiger partial charge in [-0.1, -0.05) is 128 Å². The maximum atomic E-state index is 14.5. The van der Waals surface area contributed by atoms with Gasteiger partial charge < -0.3 is 35.1 Å². The molecule has 10 fully saturated rings. The van der Waals surface area contributed by atoms with Gasteiger partial charge >= 0.3 is 12.1 Å². The molecule has 684 valence electrons. The number of hydroxylamine groups is 10. The monoisotopic (exact) mass is 1670 g/mol. The Labute approximate surface area is 726 Å². The SMILES string of the molecule is CCNC(=O)N(CCCCCCN(c1nc(N(C)C2CC(C)(C)N(OC3CCCCC3)C(C)(C)C2)nc(N(CCCCCCCN(C(=O)NC)C2CC(C)(C)N(OC3CCCCC3)C(C)(C)C2)C2CC(C)(C)N(OC3CCCCC3)C(C)(C)C2)n1)C1CC(C)(C)N(OC2CCCCC2)C(C)(C)C1)C1CC(C)(C)N(OC2CCCCC2)C(C)(C)C1. The van der Waals surface area contributed by atoms with E-state index in [1.54, 1.807) is 7.05 Å². The molecule has 119 heavy (non-hydrogen) atoms. The van der Waals surface area contributed by atoms with Crippen LogP contribution < -0.4 is 25.3 Å². The van der Waals surface area contributed by atoms with Crippen molar-refractivity contribution in [2.75, 3.05) is 61.5 Å². The highest BCUT2D eigenvalue weighted by Gasteiger charge is 2.56. The van der Waals surface area contributed by atoms with Crippen LogP contribution in [0.15, 0.2) is 0 Å². The molecule has 5 saturated carbocycles. The number of piperidine rings is 5. The molecule has 22 nitrogen and oxygen atoms in total. The highest BCUT2D eigenvalue weighted by atomic mass is 16.7. The standard InChI is InChI=1S/C97H179N15O7/c1-24-99-87(114)107(77-71-96(18,19)112(97(20,21)72-77)119-82-57-43-34-44-58-82)62-48-29-28-46-60-105(75-67-92(10,11)110(93(12,13)68-75)117-80-53-39-32-40-54-80)85-101-83(103(23)73-63-88(2,3)108(89(4,5)64-73)115-78-49-35-30-36-50-78)100-84(102-85)104(74-65-90(6,7)109(91(8,9)66-74)116-79-51-37-31-38-52-79)59-45-26-25-27-47-61-106(86(113)98-22)76-69-94(14,15)111(95(16,17)70-76)118-81-55-41-33-42-56-81/h73-82H,24-72H2,1-23H3,(H,98,113)(H,99,114). The third-order valence-corrected chi connectivity index (χ3v) is 30.0. The van der Waals surface area contributed by atoms with Gasteiger partial charge in [-0.25, -0.2) is 9.59 Å². The molecule has 0 spiro atoms. The van der Waals surface area contributed by atoms with Crippen molar-refractivity contribution in [1.29, 1.82) is 0 Å². The number of rotatable bonds is 34. The van der Waals surface area contributed by atoms with Gasteiger partial charge in [0.25, 0.3) is 0 Å². The van der Waals surface area contributed by atoms with E-state index in [1.807, 2.05) is 6.92 Å². The van der Waals surface area contributed by atoms with E-state index >= 15 is 0 Å². The van der Waals surface area contributed by atoms with E-state index < -0.39 is 0 Å². The van der Waals surface area contributed by atoms with Crippen LogP contribution in [0.1, 0.15) is 428 Å². The lowest BCUT2D eigenvalue weighted by molar-refractivity contribution is -0.313. The maximum Gasteiger partial charge on any atom is 0.317 e. The third kappa shape index (κ3) is 24.7. The Morgan fingerprint density at radius 3 is 0.782 bits per heavy atom. The summed E-state index contributed by atoms with van der Waals surface area (Å²) in [6.07, 6.45) is 48.8. The van der Waals surface area contributed by atoms with Gasteiger partial charge in [-0.15, -0.1) is 0 Å². The van der Waals surface area contributed by atoms with Crippen LogP contribution in [-0.4, -0.2) is 225 Å². The minimum Gasteiger partial charge on any atom is -0.341 e. The minimum atomic E-state index is -0.307. The summed E-state index contributed by atoms with van der Waals surface area (Å²) in [5.74, 6) is 2.29. The van der Waals surface area contributed by atoms with Gasteiger partial charge in [0, 0.05) is 132 Å². The first kappa shape index (κ1) is 96.2. The van der Waals surface area contributed by atoms with Crippen molar-refractivity contribution in [3.63, 3.8) is 0 Å². The number of aromatic nitrogens is 3. The first-order chi connectivity index (χ1) is 56.0. The Balaban J connectivity index is 0.913.